The van der Waals surface area contributed by atoms with Gasteiger partial charge in [0.1, 0.15) is 6.04 Å². The van der Waals surface area contributed by atoms with Crippen LogP contribution in [0.2, 0.25) is 0 Å². The monoisotopic (exact) mass is 396 g/mol. The maximum Gasteiger partial charge on any atom is 0.328 e. The van der Waals surface area contributed by atoms with Crippen LogP contribution < -0.4 is 5.32 Å². The van der Waals surface area contributed by atoms with Gasteiger partial charge in [-0.25, -0.2) is 9.78 Å². The van der Waals surface area contributed by atoms with Crippen molar-refractivity contribution in [1.82, 2.24) is 20.5 Å². The maximum absolute atomic E-state index is 12.3. The fourth-order valence-corrected chi connectivity index (χ4v) is 3.20. The molecule has 0 aliphatic heterocycles. The molecular formula is C20H20N4O3S. The fourth-order valence-electron chi connectivity index (χ4n) is 2.59. The predicted octanol–water partition coefficient (Wildman–Crippen LogP) is 2.46. The molecule has 0 spiro atoms. The molecule has 8 heteroatoms. The van der Waals surface area contributed by atoms with Gasteiger partial charge in [-0.05, 0) is 5.56 Å². The van der Waals surface area contributed by atoms with E-state index in [1.165, 1.54) is 18.9 Å². The van der Waals surface area contributed by atoms with Crippen LogP contribution in [0.5, 0.6) is 0 Å². The van der Waals surface area contributed by atoms with Crippen molar-refractivity contribution < 1.29 is 14.3 Å². The third-order valence-electron chi connectivity index (χ3n) is 3.95. The molecule has 0 unspecified atom stereocenters. The van der Waals surface area contributed by atoms with E-state index < -0.39 is 12.0 Å². The lowest BCUT2D eigenvalue weighted by Crippen LogP contribution is -2.43. The zero-order valence-electron chi connectivity index (χ0n) is 15.3. The normalized spacial score (nSPS) is 11.6. The number of esters is 1. The van der Waals surface area contributed by atoms with Gasteiger partial charge in [-0.3, -0.25) is 9.89 Å². The van der Waals surface area contributed by atoms with Crippen molar-refractivity contribution in [3.8, 4) is 11.4 Å². The molecule has 7 nitrogen and oxygen atoms in total. The minimum absolute atomic E-state index is 0.0916. The van der Waals surface area contributed by atoms with Gasteiger partial charge in [-0.2, -0.15) is 0 Å². The number of hydrogen-bond donors (Lipinski definition) is 2. The largest absolute Gasteiger partial charge is 0.467 e. The van der Waals surface area contributed by atoms with E-state index in [9.17, 15) is 9.59 Å². The Balaban J connectivity index is 1.56. The Labute approximate surface area is 166 Å². The summed E-state index contributed by atoms with van der Waals surface area (Å²) >= 11 is 1.19. The minimum Gasteiger partial charge on any atom is -0.467 e. The summed E-state index contributed by atoms with van der Waals surface area (Å²) in [5.74, 6) is -0.0390. The van der Waals surface area contributed by atoms with Gasteiger partial charge in [0.2, 0.25) is 11.1 Å². The lowest BCUT2D eigenvalue weighted by atomic mass is 10.1. The van der Waals surface area contributed by atoms with Crippen LogP contribution in [0.15, 0.2) is 65.8 Å². The van der Waals surface area contributed by atoms with E-state index in [0.717, 1.165) is 11.1 Å². The average molecular weight is 396 g/mol. The first-order valence-corrected chi connectivity index (χ1v) is 9.66. The van der Waals surface area contributed by atoms with Crippen molar-refractivity contribution >= 4 is 23.6 Å². The summed E-state index contributed by atoms with van der Waals surface area (Å²) < 4.78 is 4.81. The number of H-pyrrole nitrogens is 1. The molecule has 144 valence electrons. The lowest BCUT2D eigenvalue weighted by Gasteiger charge is -2.16. The Kier molecular flexibility index (Phi) is 6.80. The summed E-state index contributed by atoms with van der Waals surface area (Å²) in [7, 11) is 1.31. The zero-order chi connectivity index (χ0) is 19.8. The molecule has 0 radical (unpaired) electrons. The summed E-state index contributed by atoms with van der Waals surface area (Å²) in [6.07, 6.45) is 0.364. The van der Waals surface area contributed by atoms with Crippen LogP contribution in [0.25, 0.3) is 11.4 Å². The minimum atomic E-state index is -0.743. The highest BCUT2D eigenvalue weighted by molar-refractivity contribution is 7.99. The fraction of sp³-hybridized carbons (Fsp3) is 0.200. The van der Waals surface area contributed by atoms with Crippen LogP contribution in [0.4, 0.5) is 0 Å². The number of methoxy groups -OCH3 is 1. The summed E-state index contributed by atoms with van der Waals surface area (Å²) in [6.45, 7) is 0. The summed E-state index contributed by atoms with van der Waals surface area (Å²) in [5, 5.41) is 10.2. The molecule has 1 heterocycles. The number of benzene rings is 2. The average Bonchev–Trinajstić information content (AvgIpc) is 3.22. The molecule has 0 aliphatic rings. The smallest absolute Gasteiger partial charge is 0.328 e. The third-order valence-corrected chi connectivity index (χ3v) is 4.80. The molecule has 1 atom stereocenters. The first-order chi connectivity index (χ1) is 13.7. The van der Waals surface area contributed by atoms with Gasteiger partial charge in [0.05, 0.1) is 12.9 Å². The molecule has 28 heavy (non-hydrogen) atoms. The van der Waals surface area contributed by atoms with Crippen LogP contribution in [0.3, 0.4) is 0 Å². The highest BCUT2D eigenvalue weighted by atomic mass is 32.2. The highest BCUT2D eigenvalue weighted by Crippen LogP contribution is 2.18. The molecule has 0 saturated carbocycles. The first kappa shape index (κ1) is 19.6. The van der Waals surface area contributed by atoms with E-state index in [4.69, 9.17) is 4.74 Å². The second kappa shape index (κ2) is 9.70. The van der Waals surface area contributed by atoms with Crippen molar-refractivity contribution in [2.24, 2.45) is 0 Å². The number of aromatic nitrogens is 3. The Bertz CT molecular complexity index is 915. The van der Waals surface area contributed by atoms with E-state index in [2.05, 4.69) is 20.5 Å². The van der Waals surface area contributed by atoms with E-state index in [-0.39, 0.29) is 11.7 Å². The van der Waals surface area contributed by atoms with Crippen LogP contribution in [-0.2, 0) is 20.7 Å². The molecule has 1 aromatic heterocycles. The second-order valence-corrected chi connectivity index (χ2v) is 6.90. The standard InChI is InChI=1S/C20H20N4O3S/c1-27-19(26)16(12-14-8-4-2-5-9-14)21-17(25)13-28-20-22-18(23-24-20)15-10-6-3-7-11-15/h2-11,16H,12-13H2,1H3,(H,21,25)(H,22,23,24)/t16-/m0/s1. The van der Waals surface area contributed by atoms with E-state index in [1.54, 1.807) is 0 Å². The van der Waals surface area contributed by atoms with Crippen molar-refractivity contribution in [2.75, 3.05) is 12.9 Å². The summed E-state index contributed by atoms with van der Waals surface area (Å²) in [6, 6.07) is 18.3. The number of carbonyl (C=O) groups excluding carboxylic acids is 2. The number of thioether (sulfide) groups is 1. The topological polar surface area (TPSA) is 97.0 Å². The second-order valence-electron chi connectivity index (χ2n) is 5.95. The Morgan fingerprint density at radius 2 is 1.79 bits per heavy atom. The van der Waals surface area contributed by atoms with Crippen molar-refractivity contribution in [3.05, 3.63) is 66.2 Å². The van der Waals surface area contributed by atoms with Gasteiger partial charge in [-0.1, -0.05) is 72.4 Å². The predicted molar refractivity (Wildman–Crippen MR) is 107 cm³/mol. The van der Waals surface area contributed by atoms with E-state index in [0.29, 0.717) is 17.4 Å². The van der Waals surface area contributed by atoms with Crippen molar-refractivity contribution in [2.45, 2.75) is 17.6 Å². The van der Waals surface area contributed by atoms with Crippen LogP contribution in [0, 0.1) is 0 Å². The number of ether oxygens (including phenoxy) is 1. The first-order valence-electron chi connectivity index (χ1n) is 8.67. The third kappa shape index (κ3) is 5.43. The van der Waals surface area contributed by atoms with Gasteiger partial charge in [0.25, 0.3) is 0 Å². The Morgan fingerprint density at radius 1 is 1.11 bits per heavy atom. The molecule has 3 aromatic rings. The molecule has 1 amide bonds. The number of aromatic amines is 1. The van der Waals surface area contributed by atoms with Gasteiger partial charge in [-0.15, -0.1) is 5.10 Å². The number of nitrogens with zero attached hydrogens (tertiary/aromatic N) is 2. The molecule has 0 fully saturated rings. The Morgan fingerprint density at radius 3 is 2.46 bits per heavy atom. The number of hydrogen-bond acceptors (Lipinski definition) is 6. The SMILES string of the molecule is COC(=O)[C@H](Cc1ccccc1)NC(=O)CSc1n[nH]c(-c2ccccc2)n1. The molecule has 3 rings (SSSR count). The van der Waals surface area contributed by atoms with E-state index in [1.807, 2.05) is 60.7 Å². The van der Waals surface area contributed by atoms with Gasteiger partial charge in [0, 0.05) is 12.0 Å². The van der Waals surface area contributed by atoms with Gasteiger partial charge in [0.15, 0.2) is 5.82 Å². The molecule has 2 N–H and O–H groups in total. The number of rotatable bonds is 8. The molecule has 2 aromatic carbocycles. The molecule has 0 aliphatic carbocycles. The Hall–Kier alpha value is -3.13. The van der Waals surface area contributed by atoms with Crippen LogP contribution >= 0.6 is 11.8 Å². The van der Waals surface area contributed by atoms with Crippen LogP contribution in [-0.4, -0.2) is 46.0 Å². The van der Waals surface area contributed by atoms with E-state index >= 15 is 0 Å². The quantitative estimate of drug-likeness (QED) is 0.448. The number of carbonyl (C=O) groups is 2. The van der Waals surface area contributed by atoms with Gasteiger partial charge >= 0.3 is 5.97 Å². The lowest BCUT2D eigenvalue weighted by molar-refractivity contribution is -0.144. The zero-order valence-corrected chi connectivity index (χ0v) is 16.1. The highest BCUT2D eigenvalue weighted by Gasteiger charge is 2.22. The number of nitrogens with one attached hydrogen (secondary N) is 2. The maximum atomic E-state index is 12.3. The van der Waals surface area contributed by atoms with Crippen molar-refractivity contribution in [3.63, 3.8) is 0 Å². The summed E-state index contributed by atoms with van der Waals surface area (Å²) in [4.78, 5) is 28.7. The van der Waals surface area contributed by atoms with Gasteiger partial charge < -0.3 is 10.1 Å². The molecule has 0 saturated heterocycles. The number of amides is 1. The van der Waals surface area contributed by atoms with Crippen LogP contribution in [0.1, 0.15) is 5.56 Å². The molecule has 0 bridgehead atoms. The van der Waals surface area contributed by atoms with Crippen molar-refractivity contribution in [1.29, 1.82) is 0 Å². The summed E-state index contributed by atoms with van der Waals surface area (Å²) in [5.41, 5.74) is 1.85. The molecular weight excluding hydrogens is 376 g/mol.